The van der Waals surface area contributed by atoms with Crippen LogP contribution in [0.15, 0.2) is 53.5 Å². The van der Waals surface area contributed by atoms with Crippen LogP contribution in [0.5, 0.6) is 0 Å². The highest BCUT2D eigenvalue weighted by Crippen LogP contribution is 2.14. The predicted molar refractivity (Wildman–Crippen MR) is 115 cm³/mol. The Labute approximate surface area is 174 Å². The fraction of sp³-hybridized carbons (Fsp3) is 0.227. The minimum Gasteiger partial charge on any atom is -0.321 e. The van der Waals surface area contributed by atoms with Crippen molar-refractivity contribution in [3.05, 3.63) is 81.4 Å². The molecule has 0 spiro atoms. The third-order valence-corrected chi connectivity index (χ3v) is 4.60. The second-order valence-corrected chi connectivity index (χ2v) is 7.05. The van der Waals surface area contributed by atoms with Gasteiger partial charge in [0.1, 0.15) is 11.5 Å². The number of nitrogens with one attached hydrogen (secondary N) is 2. The van der Waals surface area contributed by atoms with E-state index in [9.17, 15) is 14.4 Å². The number of carbonyl (C=O) groups excluding carboxylic acids is 2. The number of benzene rings is 1. The first-order valence-electron chi connectivity index (χ1n) is 9.51. The first kappa shape index (κ1) is 20.9. The molecular weight excluding hydrogens is 382 g/mol. The van der Waals surface area contributed by atoms with Crippen LogP contribution in [-0.2, 0) is 11.3 Å². The Bertz CT molecular complexity index is 1150. The van der Waals surface area contributed by atoms with Gasteiger partial charge in [0.15, 0.2) is 0 Å². The van der Waals surface area contributed by atoms with Crippen LogP contribution in [0.4, 0.5) is 11.5 Å². The molecule has 2 N–H and O–H groups in total. The molecule has 0 aliphatic heterocycles. The summed E-state index contributed by atoms with van der Waals surface area (Å²) in [5.41, 5.74) is 3.50. The molecule has 0 atom stereocenters. The van der Waals surface area contributed by atoms with E-state index in [1.807, 2.05) is 39.0 Å². The van der Waals surface area contributed by atoms with E-state index >= 15 is 0 Å². The monoisotopic (exact) mass is 405 g/mol. The van der Waals surface area contributed by atoms with E-state index in [-0.39, 0.29) is 30.1 Å². The summed E-state index contributed by atoms with van der Waals surface area (Å²) in [6, 6.07) is 11.8. The zero-order chi connectivity index (χ0) is 21.7. The van der Waals surface area contributed by atoms with Gasteiger partial charge >= 0.3 is 0 Å². The number of anilines is 2. The molecule has 3 rings (SSSR count). The van der Waals surface area contributed by atoms with Gasteiger partial charge in [-0.1, -0.05) is 6.07 Å². The van der Waals surface area contributed by atoms with Gasteiger partial charge in [0.25, 0.3) is 11.5 Å². The molecule has 8 heteroatoms. The van der Waals surface area contributed by atoms with Crippen LogP contribution in [0.3, 0.4) is 0 Å². The zero-order valence-electron chi connectivity index (χ0n) is 17.1. The molecule has 0 radical (unpaired) electrons. The van der Waals surface area contributed by atoms with Crippen LogP contribution >= 0.6 is 0 Å². The number of aromatic nitrogens is 3. The van der Waals surface area contributed by atoms with Crippen molar-refractivity contribution in [2.75, 3.05) is 10.6 Å². The molecule has 0 aliphatic carbocycles. The van der Waals surface area contributed by atoms with Gasteiger partial charge in [0.05, 0.1) is 6.54 Å². The summed E-state index contributed by atoms with van der Waals surface area (Å²) in [5.74, 6) is -0.283. The smallest absolute Gasteiger partial charge is 0.276 e. The van der Waals surface area contributed by atoms with Gasteiger partial charge in [0, 0.05) is 24.4 Å². The molecule has 2 heterocycles. The average Bonchev–Trinajstić information content (AvgIpc) is 2.70. The zero-order valence-corrected chi connectivity index (χ0v) is 17.1. The maximum atomic E-state index is 12.5. The highest BCUT2D eigenvalue weighted by atomic mass is 16.2. The lowest BCUT2D eigenvalue weighted by molar-refractivity contribution is -0.116. The first-order chi connectivity index (χ1) is 14.3. The maximum Gasteiger partial charge on any atom is 0.276 e. The molecule has 30 heavy (non-hydrogen) atoms. The molecule has 3 aromatic rings. The first-order valence-corrected chi connectivity index (χ1v) is 9.51. The number of hydrogen-bond acceptors (Lipinski definition) is 5. The topological polar surface area (TPSA) is 106 Å². The summed E-state index contributed by atoms with van der Waals surface area (Å²) in [6.07, 6.45) is 1.62. The summed E-state index contributed by atoms with van der Waals surface area (Å²) in [6.45, 7) is 5.89. The van der Waals surface area contributed by atoms with Crippen LogP contribution in [0.1, 0.15) is 33.6 Å². The quantitative estimate of drug-likeness (QED) is 0.656. The molecule has 2 aromatic heterocycles. The van der Waals surface area contributed by atoms with Crippen molar-refractivity contribution in [3.63, 3.8) is 0 Å². The number of nitrogens with zero attached hydrogens (tertiary/aromatic N) is 3. The summed E-state index contributed by atoms with van der Waals surface area (Å²) in [5, 5.41) is 9.55. The lowest BCUT2D eigenvalue weighted by Crippen LogP contribution is -2.28. The van der Waals surface area contributed by atoms with Crippen molar-refractivity contribution in [1.29, 1.82) is 0 Å². The minimum absolute atomic E-state index is 0.0186. The van der Waals surface area contributed by atoms with Crippen molar-refractivity contribution in [1.82, 2.24) is 14.8 Å². The number of hydrogen-bond donors (Lipinski definition) is 2. The van der Waals surface area contributed by atoms with Gasteiger partial charge < -0.3 is 10.6 Å². The normalized spacial score (nSPS) is 10.5. The Balaban J connectivity index is 1.65. The molecule has 8 nitrogen and oxygen atoms in total. The van der Waals surface area contributed by atoms with Gasteiger partial charge in [0.2, 0.25) is 5.91 Å². The fourth-order valence-corrected chi connectivity index (χ4v) is 2.76. The summed E-state index contributed by atoms with van der Waals surface area (Å²) < 4.78 is 1.11. The Kier molecular flexibility index (Phi) is 6.36. The molecule has 0 bridgehead atoms. The van der Waals surface area contributed by atoms with E-state index < -0.39 is 5.91 Å². The van der Waals surface area contributed by atoms with Gasteiger partial charge in [-0.2, -0.15) is 5.10 Å². The number of carbonyl (C=O) groups is 2. The van der Waals surface area contributed by atoms with E-state index in [2.05, 4.69) is 20.7 Å². The Hall–Kier alpha value is -3.81. The van der Waals surface area contributed by atoms with Gasteiger partial charge in [-0.15, -0.1) is 0 Å². The molecule has 0 unspecified atom stereocenters. The van der Waals surface area contributed by atoms with Crippen LogP contribution in [0, 0.1) is 20.8 Å². The van der Waals surface area contributed by atoms with Gasteiger partial charge in [-0.05, 0) is 67.8 Å². The Morgan fingerprint density at radius 3 is 2.50 bits per heavy atom. The fourth-order valence-electron chi connectivity index (χ4n) is 2.76. The predicted octanol–water partition coefficient (Wildman–Crippen LogP) is 2.84. The molecule has 0 saturated carbocycles. The number of amides is 2. The SMILES string of the molecule is Cc1ccnc(NC(=O)CCn2nc(C(=O)Nc3ccc(C)c(C)c3)ccc2=O)c1. The van der Waals surface area contributed by atoms with E-state index in [0.29, 0.717) is 11.5 Å². The number of aryl methyl sites for hydroxylation is 4. The average molecular weight is 405 g/mol. The maximum absolute atomic E-state index is 12.5. The summed E-state index contributed by atoms with van der Waals surface area (Å²) >= 11 is 0. The van der Waals surface area contributed by atoms with Gasteiger partial charge in [-0.25, -0.2) is 9.67 Å². The third kappa shape index (κ3) is 5.38. The highest BCUT2D eigenvalue weighted by molar-refractivity contribution is 6.02. The lowest BCUT2D eigenvalue weighted by atomic mass is 10.1. The van der Waals surface area contributed by atoms with Crippen molar-refractivity contribution < 1.29 is 9.59 Å². The molecule has 0 aliphatic rings. The van der Waals surface area contributed by atoms with Crippen LogP contribution in [0.25, 0.3) is 0 Å². The standard InChI is InChI=1S/C22H23N5O3/c1-14-8-10-23-19(12-14)25-20(28)9-11-27-21(29)7-6-18(26-27)22(30)24-17-5-4-15(2)16(3)13-17/h4-8,10,12-13H,9,11H2,1-3H3,(H,24,30)(H,23,25,28). The van der Waals surface area contributed by atoms with E-state index in [1.165, 1.54) is 12.1 Å². The van der Waals surface area contributed by atoms with E-state index in [4.69, 9.17) is 0 Å². The molecule has 1 aromatic carbocycles. The molecular formula is C22H23N5O3. The van der Waals surface area contributed by atoms with Crippen LogP contribution in [-0.4, -0.2) is 26.6 Å². The lowest BCUT2D eigenvalue weighted by Gasteiger charge is -2.09. The molecule has 2 amide bonds. The second-order valence-electron chi connectivity index (χ2n) is 7.05. The summed E-state index contributed by atoms with van der Waals surface area (Å²) in [4.78, 5) is 40.8. The van der Waals surface area contributed by atoms with Gasteiger partial charge in [-0.3, -0.25) is 14.4 Å². The number of rotatable bonds is 6. The Morgan fingerprint density at radius 2 is 1.77 bits per heavy atom. The minimum atomic E-state index is -0.430. The van der Waals surface area contributed by atoms with Crippen molar-refractivity contribution in [3.8, 4) is 0 Å². The molecule has 0 fully saturated rings. The number of pyridine rings is 1. The van der Waals surface area contributed by atoms with Crippen LogP contribution in [0.2, 0.25) is 0 Å². The second kappa shape index (κ2) is 9.13. The van der Waals surface area contributed by atoms with Crippen molar-refractivity contribution in [2.24, 2.45) is 0 Å². The molecule has 154 valence electrons. The largest absolute Gasteiger partial charge is 0.321 e. The Morgan fingerprint density at radius 1 is 0.967 bits per heavy atom. The van der Waals surface area contributed by atoms with E-state index in [0.717, 1.165) is 21.4 Å². The van der Waals surface area contributed by atoms with E-state index in [1.54, 1.807) is 18.3 Å². The highest BCUT2D eigenvalue weighted by Gasteiger charge is 2.12. The molecule has 0 saturated heterocycles. The van der Waals surface area contributed by atoms with Crippen molar-refractivity contribution in [2.45, 2.75) is 33.7 Å². The summed E-state index contributed by atoms with van der Waals surface area (Å²) in [7, 11) is 0. The third-order valence-electron chi connectivity index (χ3n) is 4.60. The van der Waals surface area contributed by atoms with Crippen LogP contribution < -0.4 is 16.2 Å². The van der Waals surface area contributed by atoms with Crippen molar-refractivity contribution >= 4 is 23.3 Å².